The van der Waals surface area contributed by atoms with Crippen LogP contribution in [-0.2, 0) is 4.79 Å². The summed E-state index contributed by atoms with van der Waals surface area (Å²) in [6.07, 6.45) is 0.393. The molecule has 1 rings (SSSR count). The first-order valence-corrected chi connectivity index (χ1v) is 4.98. The Labute approximate surface area is 94.2 Å². The number of amides is 1. The minimum Gasteiger partial charge on any atom is -0.396 e. The van der Waals surface area contributed by atoms with E-state index in [1.807, 2.05) is 19.0 Å². The molecule has 0 saturated carbocycles. The number of halogens is 1. The van der Waals surface area contributed by atoms with Crippen LogP contribution in [0.15, 0.2) is 18.2 Å². The van der Waals surface area contributed by atoms with Crippen molar-refractivity contribution in [2.45, 2.75) is 6.42 Å². The van der Waals surface area contributed by atoms with E-state index in [4.69, 9.17) is 5.73 Å². The third-order valence-corrected chi connectivity index (χ3v) is 2.07. The van der Waals surface area contributed by atoms with Crippen molar-refractivity contribution in [2.24, 2.45) is 0 Å². The van der Waals surface area contributed by atoms with Gasteiger partial charge in [0, 0.05) is 18.7 Å². The largest absolute Gasteiger partial charge is 0.396 e. The zero-order valence-electron chi connectivity index (χ0n) is 9.46. The third-order valence-electron chi connectivity index (χ3n) is 2.07. The van der Waals surface area contributed by atoms with E-state index >= 15 is 0 Å². The summed E-state index contributed by atoms with van der Waals surface area (Å²) in [7, 11) is 3.78. The Morgan fingerprint density at radius 3 is 2.75 bits per heavy atom. The van der Waals surface area contributed by atoms with Gasteiger partial charge in [0.1, 0.15) is 5.82 Å². The fourth-order valence-corrected chi connectivity index (χ4v) is 1.17. The van der Waals surface area contributed by atoms with E-state index in [1.54, 1.807) is 0 Å². The van der Waals surface area contributed by atoms with Crippen LogP contribution >= 0.6 is 0 Å². The average molecular weight is 225 g/mol. The number of benzene rings is 1. The smallest absolute Gasteiger partial charge is 0.225 e. The highest BCUT2D eigenvalue weighted by molar-refractivity contribution is 5.91. The van der Waals surface area contributed by atoms with Crippen LogP contribution in [0.1, 0.15) is 6.42 Å². The van der Waals surface area contributed by atoms with Crippen molar-refractivity contribution in [1.29, 1.82) is 0 Å². The van der Waals surface area contributed by atoms with E-state index in [1.165, 1.54) is 18.2 Å². The number of nitrogen functional groups attached to an aromatic ring is 1. The standard InChI is InChI=1S/C11H16FN3O/c1-15(2)6-5-11(16)14-8-3-4-9(12)10(13)7-8/h3-4,7H,5-6,13H2,1-2H3,(H,14,16). The van der Waals surface area contributed by atoms with Crippen LogP contribution in [-0.4, -0.2) is 31.4 Å². The van der Waals surface area contributed by atoms with E-state index in [-0.39, 0.29) is 11.6 Å². The highest BCUT2D eigenvalue weighted by Gasteiger charge is 2.04. The molecule has 0 saturated heterocycles. The summed E-state index contributed by atoms with van der Waals surface area (Å²) < 4.78 is 12.8. The predicted molar refractivity (Wildman–Crippen MR) is 62.6 cm³/mol. The van der Waals surface area contributed by atoms with E-state index in [0.29, 0.717) is 18.7 Å². The third kappa shape index (κ3) is 3.86. The lowest BCUT2D eigenvalue weighted by molar-refractivity contribution is -0.116. The molecule has 0 aliphatic carbocycles. The van der Waals surface area contributed by atoms with Crippen molar-refractivity contribution >= 4 is 17.3 Å². The molecule has 88 valence electrons. The Balaban J connectivity index is 2.53. The van der Waals surface area contributed by atoms with E-state index < -0.39 is 5.82 Å². The Kier molecular flexibility index (Phi) is 4.25. The van der Waals surface area contributed by atoms with Crippen LogP contribution in [0.25, 0.3) is 0 Å². The molecule has 3 N–H and O–H groups in total. The summed E-state index contributed by atoms with van der Waals surface area (Å²) in [6.45, 7) is 0.669. The van der Waals surface area contributed by atoms with E-state index in [9.17, 15) is 9.18 Å². The summed E-state index contributed by atoms with van der Waals surface area (Å²) in [5.41, 5.74) is 5.93. The van der Waals surface area contributed by atoms with Crippen molar-refractivity contribution in [3.63, 3.8) is 0 Å². The number of hydrogen-bond acceptors (Lipinski definition) is 3. The van der Waals surface area contributed by atoms with Crippen LogP contribution in [0.3, 0.4) is 0 Å². The molecule has 5 heteroatoms. The second kappa shape index (κ2) is 5.46. The number of hydrogen-bond donors (Lipinski definition) is 2. The molecule has 0 aromatic heterocycles. The van der Waals surface area contributed by atoms with Gasteiger partial charge in [0.15, 0.2) is 0 Å². The topological polar surface area (TPSA) is 58.4 Å². The molecule has 0 fully saturated rings. The number of carbonyl (C=O) groups is 1. The van der Waals surface area contributed by atoms with Crippen LogP contribution in [0.5, 0.6) is 0 Å². The van der Waals surface area contributed by atoms with Crippen molar-refractivity contribution in [1.82, 2.24) is 4.90 Å². The van der Waals surface area contributed by atoms with E-state index in [2.05, 4.69) is 5.32 Å². The lowest BCUT2D eigenvalue weighted by Gasteiger charge is -2.10. The van der Waals surface area contributed by atoms with Gasteiger partial charge >= 0.3 is 0 Å². The molecular formula is C11H16FN3O. The van der Waals surface area contributed by atoms with Crippen LogP contribution in [0, 0.1) is 5.82 Å². The highest BCUT2D eigenvalue weighted by atomic mass is 19.1. The van der Waals surface area contributed by atoms with Gasteiger partial charge < -0.3 is 16.0 Å². The molecule has 0 heterocycles. The maximum absolute atomic E-state index is 12.8. The molecule has 4 nitrogen and oxygen atoms in total. The summed E-state index contributed by atoms with van der Waals surface area (Å²) in [6, 6.07) is 4.12. The normalized spacial score (nSPS) is 10.5. The van der Waals surface area contributed by atoms with Crippen LogP contribution in [0.2, 0.25) is 0 Å². The molecule has 0 unspecified atom stereocenters. The van der Waals surface area contributed by atoms with Gasteiger partial charge in [-0.15, -0.1) is 0 Å². The van der Waals surface area contributed by atoms with E-state index in [0.717, 1.165) is 0 Å². The van der Waals surface area contributed by atoms with Crippen molar-refractivity contribution in [3.8, 4) is 0 Å². The lowest BCUT2D eigenvalue weighted by atomic mass is 10.2. The molecule has 0 radical (unpaired) electrons. The SMILES string of the molecule is CN(C)CCC(=O)Nc1ccc(F)c(N)c1. The second-order valence-corrected chi connectivity index (χ2v) is 3.84. The molecule has 0 aliphatic heterocycles. The van der Waals surface area contributed by atoms with Crippen molar-refractivity contribution in [2.75, 3.05) is 31.7 Å². The molecule has 0 spiro atoms. The van der Waals surface area contributed by atoms with Gasteiger partial charge in [-0.1, -0.05) is 0 Å². The number of carbonyl (C=O) groups excluding carboxylic acids is 1. The number of rotatable bonds is 4. The van der Waals surface area contributed by atoms with Gasteiger partial charge in [-0.2, -0.15) is 0 Å². The summed E-state index contributed by atoms with van der Waals surface area (Å²) in [4.78, 5) is 13.4. The zero-order valence-corrected chi connectivity index (χ0v) is 9.46. The van der Waals surface area contributed by atoms with Crippen LogP contribution in [0.4, 0.5) is 15.8 Å². The van der Waals surface area contributed by atoms with Crippen LogP contribution < -0.4 is 11.1 Å². The van der Waals surface area contributed by atoms with Gasteiger partial charge in [-0.05, 0) is 32.3 Å². The van der Waals surface area contributed by atoms with Gasteiger partial charge in [0.2, 0.25) is 5.91 Å². The second-order valence-electron chi connectivity index (χ2n) is 3.84. The monoisotopic (exact) mass is 225 g/mol. The lowest BCUT2D eigenvalue weighted by Crippen LogP contribution is -2.20. The summed E-state index contributed by atoms with van der Waals surface area (Å²) >= 11 is 0. The molecular weight excluding hydrogens is 209 g/mol. The van der Waals surface area contributed by atoms with Gasteiger partial charge in [0.25, 0.3) is 0 Å². The zero-order chi connectivity index (χ0) is 12.1. The number of nitrogens with one attached hydrogen (secondary N) is 1. The summed E-state index contributed by atoms with van der Waals surface area (Å²) in [5.74, 6) is -0.592. The maximum atomic E-state index is 12.8. The predicted octanol–water partition coefficient (Wildman–Crippen LogP) is 1.30. The first kappa shape index (κ1) is 12.4. The van der Waals surface area contributed by atoms with Crippen molar-refractivity contribution in [3.05, 3.63) is 24.0 Å². The van der Waals surface area contributed by atoms with Crippen molar-refractivity contribution < 1.29 is 9.18 Å². The molecule has 1 aromatic carbocycles. The molecule has 16 heavy (non-hydrogen) atoms. The minimum absolute atomic E-state index is 0.0328. The maximum Gasteiger partial charge on any atom is 0.225 e. The van der Waals surface area contributed by atoms with Gasteiger partial charge in [0.05, 0.1) is 5.69 Å². The Morgan fingerprint density at radius 2 is 2.19 bits per heavy atom. The molecule has 0 aliphatic rings. The van der Waals surface area contributed by atoms with Gasteiger partial charge in [-0.25, -0.2) is 4.39 Å². The molecule has 1 aromatic rings. The first-order chi connectivity index (χ1) is 7.49. The highest BCUT2D eigenvalue weighted by Crippen LogP contribution is 2.16. The Hall–Kier alpha value is -1.62. The minimum atomic E-state index is -0.480. The fourth-order valence-electron chi connectivity index (χ4n) is 1.17. The Morgan fingerprint density at radius 1 is 1.50 bits per heavy atom. The Bertz CT molecular complexity index is 379. The number of nitrogens with two attached hydrogens (primary N) is 1. The average Bonchev–Trinajstić information content (AvgIpc) is 2.21. The quantitative estimate of drug-likeness (QED) is 0.759. The fraction of sp³-hybridized carbons (Fsp3) is 0.364. The molecule has 0 bridgehead atoms. The molecule has 0 atom stereocenters. The molecule has 1 amide bonds. The summed E-state index contributed by atoms with van der Waals surface area (Å²) in [5, 5.41) is 2.65. The number of nitrogens with zero attached hydrogens (tertiary/aromatic N) is 1. The van der Waals surface area contributed by atoms with Gasteiger partial charge in [-0.3, -0.25) is 4.79 Å². The number of anilines is 2. The first-order valence-electron chi connectivity index (χ1n) is 4.98.